The summed E-state index contributed by atoms with van der Waals surface area (Å²) in [6.45, 7) is 5.28. The second-order valence-corrected chi connectivity index (χ2v) is 8.12. The van der Waals surface area contributed by atoms with Gasteiger partial charge in [0.25, 0.3) is 0 Å². The molecule has 0 bridgehead atoms. The first kappa shape index (κ1) is 13.7. The van der Waals surface area contributed by atoms with Crippen molar-refractivity contribution < 1.29 is 0 Å². The number of halogens is 2. The highest BCUT2D eigenvalue weighted by molar-refractivity contribution is 9.11. The lowest BCUT2D eigenvalue weighted by Crippen LogP contribution is -2.21. The Balaban J connectivity index is 2.42. The average molecular weight is 395 g/mol. The topological polar surface area (TPSA) is 12.0 Å². The zero-order valence-electron chi connectivity index (χ0n) is 9.59. The van der Waals surface area contributed by atoms with Gasteiger partial charge in [0.1, 0.15) is 0 Å². The molecule has 1 N–H and O–H groups in total. The summed E-state index contributed by atoms with van der Waals surface area (Å²) in [6.07, 6.45) is 0. The van der Waals surface area contributed by atoms with Crippen molar-refractivity contribution in [3.8, 4) is 0 Å². The lowest BCUT2D eigenvalue weighted by Gasteiger charge is -2.17. The average Bonchev–Trinajstić information content (AvgIpc) is 2.82. The number of thiophene rings is 2. The number of hydrogen-bond acceptors (Lipinski definition) is 3. The predicted molar refractivity (Wildman–Crippen MR) is 84.3 cm³/mol. The van der Waals surface area contributed by atoms with Gasteiger partial charge >= 0.3 is 0 Å². The number of hydrogen-bond donors (Lipinski definition) is 1. The van der Waals surface area contributed by atoms with E-state index in [1.807, 2.05) is 0 Å². The molecule has 1 atom stereocenters. The molecule has 5 heteroatoms. The fraction of sp³-hybridized carbons (Fsp3) is 0.333. The molecule has 0 amide bonds. The van der Waals surface area contributed by atoms with Crippen molar-refractivity contribution in [1.29, 1.82) is 0 Å². The van der Waals surface area contributed by atoms with Gasteiger partial charge in [0.2, 0.25) is 0 Å². The smallest absolute Gasteiger partial charge is 0.0704 e. The quantitative estimate of drug-likeness (QED) is 0.737. The molecule has 1 nitrogen and oxygen atoms in total. The fourth-order valence-electron chi connectivity index (χ4n) is 1.80. The highest BCUT2D eigenvalue weighted by Gasteiger charge is 2.20. The molecule has 2 aromatic heterocycles. The van der Waals surface area contributed by atoms with Gasteiger partial charge in [-0.05, 0) is 68.4 Å². The van der Waals surface area contributed by atoms with E-state index in [9.17, 15) is 0 Å². The van der Waals surface area contributed by atoms with Gasteiger partial charge in [-0.2, -0.15) is 0 Å². The van der Waals surface area contributed by atoms with Gasteiger partial charge in [0, 0.05) is 14.2 Å². The Morgan fingerprint density at radius 2 is 2.18 bits per heavy atom. The molecular formula is C12H13Br2NS2. The number of rotatable bonds is 4. The normalized spacial score (nSPS) is 12.9. The van der Waals surface area contributed by atoms with E-state index in [1.54, 1.807) is 22.7 Å². The van der Waals surface area contributed by atoms with Crippen molar-refractivity contribution in [3.05, 3.63) is 41.1 Å². The summed E-state index contributed by atoms with van der Waals surface area (Å²) < 4.78 is 2.38. The Morgan fingerprint density at radius 1 is 1.41 bits per heavy atom. The molecule has 0 aromatic carbocycles. The molecule has 92 valence electrons. The number of aryl methyl sites for hydroxylation is 1. The van der Waals surface area contributed by atoms with E-state index in [1.165, 1.54) is 23.6 Å². The monoisotopic (exact) mass is 393 g/mol. The molecular weight excluding hydrogens is 382 g/mol. The van der Waals surface area contributed by atoms with Crippen molar-refractivity contribution >= 4 is 54.5 Å². The SMILES string of the molecule is CCNC(c1cc(Br)sc1C)c1sccc1Br. The minimum Gasteiger partial charge on any atom is -0.306 e. The van der Waals surface area contributed by atoms with Crippen LogP contribution in [0.15, 0.2) is 25.8 Å². The lowest BCUT2D eigenvalue weighted by molar-refractivity contribution is 0.637. The zero-order valence-corrected chi connectivity index (χ0v) is 14.4. The van der Waals surface area contributed by atoms with Gasteiger partial charge in [-0.15, -0.1) is 22.7 Å². The van der Waals surface area contributed by atoms with E-state index in [0.717, 1.165) is 6.54 Å². The highest BCUT2D eigenvalue weighted by Crippen LogP contribution is 2.38. The summed E-state index contributed by atoms with van der Waals surface area (Å²) in [7, 11) is 0. The summed E-state index contributed by atoms with van der Waals surface area (Å²) in [6, 6.07) is 4.62. The molecule has 0 aliphatic rings. The first-order valence-electron chi connectivity index (χ1n) is 5.35. The van der Waals surface area contributed by atoms with Crippen LogP contribution < -0.4 is 5.32 Å². The van der Waals surface area contributed by atoms with E-state index < -0.39 is 0 Å². The molecule has 0 saturated heterocycles. The van der Waals surface area contributed by atoms with Crippen molar-refractivity contribution in [2.45, 2.75) is 19.9 Å². The maximum Gasteiger partial charge on any atom is 0.0704 e. The molecule has 0 aliphatic heterocycles. The van der Waals surface area contributed by atoms with Crippen LogP contribution in [0.3, 0.4) is 0 Å². The Morgan fingerprint density at radius 3 is 2.65 bits per heavy atom. The van der Waals surface area contributed by atoms with E-state index >= 15 is 0 Å². The third-order valence-electron chi connectivity index (χ3n) is 2.55. The van der Waals surface area contributed by atoms with Gasteiger partial charge in [0.15, 0.2) is 0 Å². The van der Waals surface area contributed by atoms with Crippen LogP contribution in [0.4, 0.5) is 0 Å². The lowest BCUT2D eigenvalue weighted by atomic mass is 10.1. The highest BCUT2D eigenvalue weighted by atomic mass is 79.9. The van der Waals surface area contributed by atoms with Crippen LogP contribution in [0, 0.1) is 6.92 Å². The second-order valence-electron chi connectivity index (χ2n) is 3.69. The molecule has 0 fully saturated rings. The van der Waals surface area contributed by atoms with Crippen molar-refractivity contribution in [3.63, 3.8) is 0 Å². The Labute approximate surface area is 127 Å². The zero-order chi connectivity index (χ0) is 12.4. The van der Waals surface area contributed by atoms with E-state index in [0.29, 0.717) is 0 Å². The maximum absolute atomic E-state index is 3.63. The molecule has 17 heavy (non-hydrogen) atoms. The molecule has 0 spiro atoms. The Kier molecular flexibility index (Phi) is 4.83. The van der Waals surface area contributed by atoms with Crippen LogP contribution in [0.2, 0.25) is 0 Å². The molecule has 1 unspecified atom stereocenters. The second kappa shape index (κ2) is 5.97. The van der Waals surface area contributed by atoms with Crippen LogP contribution >= 0.6 is 54.5 Å². The third kappa shape index (κ3) is 3.01. The summed E-state index contributed by atoms with van der Waals surface area (Å²) in [5.41, 5.74) is 1.37. The molecule has 0 aliphatic carbocycles. The largest absolute Gasteiger partial charge is 0.306 e. The van der Waals surface area contributed by atoms with Gasteiger partial charge < -0.3 is 5.32 Å². The minimum atomic E-state index is 0.289. The Hall–Kier alpha value is 0.320. The molecule has 2 aromatic rings. The maximum atomic E-state index is 3.63. The molecule has 0 radical (unpaired) electrons. The fourth-order valence-corrected chi connectivity index (χ4v) is 5.25. The van der Waals surface area contributed by atoms with E-state index in [-0.39, 0.29) is 6.04 Å². The van der Waals surface area contributed by atoms with Gasteiger partial charge in [-0.25, -0.2) is 0 Å². The molecule has 2 heterocycles. The van der Waals surface area contributed by atoms with Crippen molar-refractivity contribution in [2.75, 3.05) is 6.54 Å². The number of nitrogens with one attached hydrogen (secondary N) is 1. The summed E-state index contributed by atoms with van der Waals surface area (Å²) >= 11 is 10.8. The van der Waals surface area contributed by atoms with Gasteiger partial charge in [-0.3, -0.25) is 0 Å². The summed E-state index contributed by atoms with van der Waals surface area (Å²) in [5, 5.41) is 5.69. The van der Waals surface area contributed by atoms with Crippen LogP contribution in [0.5, 0.6) is 0 Å². The first-order chi connectivity index (χ1) is 8.13. The van der Waals surface area contributed by atoms with Crippen molar-refractivity contribution in [1.82, 2.24) is 5.32 Å². The van der Waals surface area contributed by atoms with Crippen LogP contribution in [0.1, 0.15) is 28.3 Å². The summed E-state index contributed by atoms with van der Waals surface area (Å²) in [4.78, 5) is 2.71. The van der Waals surface area contributed by atoms with Crippen LogP contribution in [0.25, 0.3) is 0 Å². The van der Waals surface area contributed by atoms with Gasteiger partial charge in [-0.1, -0.05) is 6.92 Å². The molecule has 0 saturated carbocycles. The Bertz CT molecular complexity index is 504. The summed E-state index contributed by atoms with van der Waals surface area (Å²) in [5.74, 6) is 0. The minimum absolute atomic E-state index is 0.289. The first-order valence-corrected chi connectivity index (χ1v) is 8.63. The van der Waals surface area contributed by atoms with Crippen LogP contribution in [-0.4, -0.2) is 6.54 Å². The van der Waals surface area contributed by atoms with Crippen LogP contribution in [-0.2, 0) is 0 Å². The third-order valence-corrected chi connectivity index (χ3v) is 6.06. The van der Waals surface area contributed by atoms with Gasteiger partial charge in [0.05, 0.1) is 9.83 Å². The van der Waals surface area contributed by atoms with Crippen molar-refractivity contribution in [2.24, 2.45) is 0 Å². The molecule has 2 rings (SSSR count). The van der Waals surface area contributed by atoms with E-state index in [4.69, 9.17) is 0 Å². The predicted octanol–water partition coefficient (Wildman–Crippen LogP) is 5.34. The van der Waals surface area contributed by atoms with E-state index in [2.05, 4.69) is 68.5 Å². The standard InChI is InChI=1S/C12H13Br2NS2/c1-3-15-11(12-9(13)4-5-16-12)8-6-10(14)17-7(8)2/h4-6,11,15H,3H2,1-2H3.